The lowest BCUT2D eigenvalue weighted by molar-refractivity contribution is -0.134. The van der Waals surface area contributed by atoms with Gasteiger partial charge in [0.25, 0.3) is 0 Å². The van der Waals surface area contributed by atoms with E-state index < -0.39 is 0 Å². The van der Waals surface area contributed by atoms with Gasteiger partial charge in [-0.25, -0.2) is 0 Å². The first-order chi connectivity index (χ1) is 13.0. The molecular formula is C20H28N4O2S. The van der Waals surface area contributed by atoms with E-state index in [1.807, 2.05) is 27.1 Å². The van der Waals surface area contributed by atoms with Gasteiger partial charge in [-0.3, -0.25) is 14.3 Å². The van der Waals surface area contributed by atoms with E-state index in [-0.39, 0.29) is 17.9 Å². The van der Waals surface area contributed by atoms with Crippen molar-refractivity contribution in [1.82, 2.24) is 20.0 Å². The second-order valence-electron chi connectivity index (χ2n) is 7.51. The maximum atomic E-state index is 12.6. The van der Waals surface area contributed by atoms with Crippen molar-refractivity contribution in [3.05, 3.63) is 40.3 Å². The number of hydrogen-bond acceptors (Lipinski definition) is 4. The maximum Gasteiger partial charge on any atom is 0.223 e. The van der Waals surface area contributed by atoms with Crippen molar-refractivity contribution in [2.24, 2.45) is 5.92 Å². The molecule has 146 valence electrons. The van der Waals surface area contributed by atoms with Crippen LogP contribution in [0.2, 0.25) is 0 Å². The predicted molar refractivity (Wildman–Crippen MR) is 106 cm³/mol. The normalized spacial score (nSPS) is 16.4. The minimum atomic E-state index is -0.103. The number of hydrogen-bond donors (Lipinski definition) is 1. The third kappa shape index (κ3) is 5.42. The molecule has 6 nitrogen and oxygen atoms in total. The monoisotopic (exact) mass is 388 g/mol. The summed E-state index contributed by atoms with van der Waals surface area (Å²) in [7, 11) is 0. The highest BCUT2D eigenvalue weighted by Crippen LogP contribution is 2.24. The Morgan fingerprint density at radius 2 is 2.22 bits per heavy atom. The molecule has 0 bridgehead atoms. The molecule has 2 aromatic rings. The van der Waals surface area contributed by atoms with Crippen molar-refractivity contribution in [2.45, 2.75) is 52.1 Å². The van der Waals surface area contributed by atoms with Crippen LogP contribution >= 0.6 is 11.3 Å². The molecule has 0 radical (unpaired) electrons. The van der Waals surface area contributed by atoms with Gasteiger partial charge in [-0.1, -0.05) is 19.9 Å². The van der Waals surface area contributed by atoms with Crippen LogP contribution in [0.5, 0.6) is 0 Å². The lowest BCUT2D eigenvalue weighted by atomic mass is 10.1. The van der Waals surface area contributed by atoms with Crippen LogP contribution in [0.3, 0.4) is 0 Å². The summed E-state index contributed by atoms with van der Waals surface area (Å²) >= 11 is 1.70. The van der Waals surface area contributed by atoms with Crippen LogP contribution < -0.4 is 5.32 Å². The molecule has 0 aliphatic carbocycles. The molecule has 1 aliphatic heterocycles. The van der Waals surface area contributed by atoms with E-state index in [1.165, 1.54) is 4.88 Å². The minimum absolute atomic E-state index is 0.00878. The molecule has 0 saturated carbocycles. The molecule has 2 amide bonds. The highest BCUT2D eigenvalue weighted by molar-refractivity contribution is 7.09. The Hall–Kier alpha value is -2.15. The summed E-state index contributed by atoms with van der Waals surface area (Å²) in [5, 5.41) is 9.42. The summed E-state index contributed by atoms with van der Waals surface area (Å²) in [5.74, 6) is 0.683. The van der Waals surface area contributed by atoms with Gasteiger partial charge in [0, 0.05) is 30.6 Å². The first kappa shape index (κ1) is 19.6. The molecule has 0 saturated heterocycles. The molecule has 3 rings (SSSR count). The molecule has 27 heavy (non-hydrogen) atoms. The van der Waals surface area contributed by atoms with E-state index in [4.69, 9.17) is 0 Å². The SMILES string of the molecule is CC(C)CCC(=O)N1Cc2ccnn2C(CC(=O)NCCc2cccs2)C1. The Morgan fingerprint density at radius 3 is 2.96 bits per heavy atom. The molecule has 1 aliphatic rings. The number of nitrogens with one attached hydrogen (secondary N) is 1. The zero-order valence-corrected chi connectivity index (χ0v) is 16.9. The average Bonchev–Trinajstić information content (AvgIpc) is 3.31. The highest BCUT2D eigenvalue weighted by atomic mass is 32.1. The van der Waals surface area contributed by atoms with Crippen molar-refractivity contribution in [3.8, 4) is 0 Å². The summed E-state index contributed by atoms with van der Waals surface area (Å²) < 4.78 is 1.91. The van der Waals surface area contributed by atoms with E-state index in [2.05, 4.69) is 30.3 Å². The van der Waals surface area contributed by atoms with E-state index in [1.54, 1.807) is 17.5 Å². The molecule has 1 N–H and O–H groups in total. The van der Waals surface area contributed by atoms with Crippen LogP contribution in [-0.4, -0.2) is 39.6 Å². The van der Waals surface area contributed by atoms with E-state index in [0.29, 0.717) is 38.4 Å². The molecule has 2 aromatic heterocycles. The Labute approximate surface area is 164 Å². The fourth-order valence-corrected chi connectivity index (χ4v) is 4.07. The summed E-state index contributed by atoms with van der Waals surface area (Å²) in [6.45, 7) is 6.01. The smallest absolute Gasteiger partial charge is 0.223 e. The van der Waals surface area contributed by atoms with E-state index >= 15 is 0 Å². The zero-order valence-electron chi connectivity index (χ0n) is 16.1. The van der Waals surface area contributed by atoms with Gasteiger partial charge in [0.05, 0.1) is 24.7 Å². The maximum absolute atomic E-state index is 12.6. The fraction of sp³-hybridized carbons (Fsp3) is 0.550. The van der Waals surface area contributed by atoms with Crippen molar-refractivity contribution < 1.29 is 9.59 Å². The number of rotatable bonds is 8. The fourth-order valence-electron chi connectivity index (χ4n) is 3.36. The van der Waals surface area contributed by atoms with Gasteiger partial charge in [0.1, 0.15) is 0 Å². The second-order valence-corrected chi connectivity index (χ2v) is 8.54. The molecule has 7 heteroatoms. The van der Waals surface area contributed by atoms with Crippen molar-refractivity contribution in [3.63, 3.8) is 0 Å². The largest absolute Gasteiger partial charge is 0.356 e. The Morgan fingerprint density at radius 1 is 1.37 bits per heavy atom. The van der Waals surface area contributed by atoms with Crippen molar-refractivity contribution in [2.75, 3.05) is 13.1 Å². The van der Waals surface area contributed by atoms with Crippen LogP contribution in [0.1, 0.15) is 49.7 Å². The lowest BCUT2D eigenvalue weighted by Crippen LogP contribution is -2.43. The number of thiophene rings is 1. The predicted octanol–water partition coefficient (Wildman–Crippen LogP) is 3.01. The third-order valence-corrected chi connectivity index (χ3v) is 5.80. The van der Waals surface area contributed by atoms with Crippen LogP contribution in [0, 0.1) is 5.92 Å². The highest BCUT2D eigenvalue weighted by Gasteiger charge is 2.29. The first-order valence-corrected chi connectivity index (χ1v) is 10.5. The van der Waals surface area contributed by atoms with Crippen LogP contribution in [0.25, 0.3) is 0 Å². The third-order valence-electron chi connectivity index (χ3n) is 4.87. The summed E-state index contributed by atoms with van der Waals surface area (Å²) in [5.41, 5.74) is 0.996. The van der Waals surface area contributed by atoms with Crippen molar-refractivity contribution in [1.29, 1.82) is 0 Å². The quantitative estimate of drug-likeness (QED) is 0.756. The van der Waals surface area contributed by atoms with Crippen molar-refractivity contribution >= 4 is 23.2 Å². The van der Waals surface area contributed by atoms with E-state index in [0.717, 1.165) is 18.5 Å². The molecule has 1 unspecified atom stereocenters. The number of carbonyl (C=O) groups excluding carboxylic acids is 2. The van der Waals surface area contributed by atoms with Gasteiger partial charge in [0.15, 0.2) is 0 Å². The molecular weight excluding hydrogens is 360 g/mol. The van der Waals surface area contributed by atoms with Crippen LogP contribution in [0.4, 0.5) is 0 Å². The Balaban J connectivity index is 1.55. The van der Waals surface area contributed by atoms with Crippen LogP contribution in [0.15, 0.2) is 29.8 Å². The topological polar surface area (TPSA) is 67.2 Å². The summed E-state index contributed by atoms with van der Waals surface area (Å²) in [6.07, 6.45) is 4.39. The van der Waals surface area contributed by atoms with E-state index in [9.17, 15) is 9.59 Å². The Bertz CT molecular complexity index is 754. The number of aromatic nitrogens is 2. The number of nitrogens with zero attached hydrogens (tertiary/aromatic N) is 3. The van der Waals surface area contributed by atoms with Crippen LogP contribution in [-0.2, 0) is 22.6 Å². The zero-order chi connectivity index (χ0) is 19.2. The van der Waals surface area contributed by atoms with Gasteiger partial charge < -0.3 is 10.2 Å². The van der Waals surface area contributed by atoms with Gasteiger partial charge in [0.2, 0.25) is 11.8 Å². The molecule has 0 spiro atoms. The summed E-state index contributed by atoms with van der Waals surface area (Å²) in [6, 6.07) is 5.93. The van der Waals surface area contributed by atoms with Gasteiger partial charge in [-0.2, -0.15) is 5.10 Å². The molecule has 3 heterocycles. The molecule has 1 atom stereocenters. The number of carbonyl (C=O) groups is 2. The number of amides is 2. The van der Waals surface area contributed by atoms with Gasteiger partial charge in [-0.05, 0) is 36.3 Å². The van der Waals surface area contributed by atoms with Gasteiger partial charge in [-0.15, -0.1) is 11.3 Å². The Kier molecular flexibility index (Phi) is 6.66. The molecule has 0 fully saturated rings. The number of fused-ring (bicyclic) bond motifs is 1. The summed E-state index contributed by atoms with van der Waals surface area (Å²) in [4.78, 5) is 28.1. The average molecular weight is 389 g/mol. The molecule has 0 aromatic carbocycles. The first-order valence-electron chi connectivity index (χ1n) is 9.62. The standard InChI is InChI=1S/C20H28N4O2S/c1-15(2)5-6-20(26)23-13-16-7-10-22-24(16)17(14-23)12-19(25)21-9-8-18-4-3-11-27-18/h3-4,7,10-11,15,17H,5-6,8-9,12-14H2,1-2H3,(H,21,25). The second kappa shape index (κ2) is 9.17. The van der Waals surface area contributed by atoms with Gasteiger partial charge >= 0.3 is 0 Å². The lowest BCUT2D eigenvalue weighted by Gasteiger charge is -2.34. The minimum Gasteiger partial charge on any atom is -0.356 e.